The van der Waals surface area contributed by atoms with E-state index in [0.29, 0.717) is 29.3 Å². The van der Waals surface area contributed by atoms with Crippen molar-refractivity contribution in [1.82, 2.24) is 9.97 Å². The minimum atomic E-state index is -0.285. The Morgan fingerprint density at radius 1 is 0.943 bits per heavy atom. The number of aliphatic imine (C=N–C) groups is 1. The van der Waals surface area contributed by atoms with Gasteiger partial charge in [0.2, 0.25) is 5.91 Å². The van der Waals surface area contributed by atoms with Crippen molar-refractivity contribution in [3.05, 3.63) is 60.6 Å². The van der Waals surface area contributed by atoms with E-state index in [2.05, 4.69) is 35.8 Å². The third-order valence-electron chi connectivity index (χ3n) is 6.47. The Hall–Kier alpha value is -4.27. The van der Waals surface area contributed by atoms with Crippen LogP contribution in [0, 0.1) is 5.92 Å². The quantitative estimate of drug-likeness (QED) is 0.512. The van der Waals surface area contributed by atoms with E-state index < -0.39 is 0 Å². The van der Waals surface area contributed by atoms with Crippen LogP contribution in [0.15, 0.2) is 60.0 Å². The van der Waals surface area contributed by atoms with Crippen LogP contribution in [0.2, 0.25) is 0 Å². The van der Waals surface area contributed by atoms with Crippen molar-refractivity contribution in [1.29, 1.82) is 0 Å². The molecule has 9 nitrogen and oxygen atoms in total. The minimum Gasteiger partial charge on any atom is -0.366 e. The van der Waals surface area contributed by atoms with Crippen LogP contribution in [0.5, 0.6) is 0 Å². The van der Waals surface area contributed by atoms with Gasteiger partial charge in [-0.1, -0.05) is 6.07 Å². The highest BCUT2D eigenvalue weighted by Crippen LogP contribution is 2.32. The predicted octanol–water partition coefficient (Wildman–Crippen LogP) is 3.51. The molecule has 2 aliphatic heterocycles. The SMILES string of the molecule is O=C(Nc1ccc(N2CCC2)nc1)C1=NCNc2ccc(-c3cncc(NC(=O)C4CC4)c3)cc21. The average Bonchev–Trinajstić information content (AvgIpc) is 3.69. The number of nitrogens with one attached hydrogen (secondary N) is 3. The van der Waals surface area contributed by atoms with Crippen molar-refractivity contribution in [2.75, 3.05) is 40.6 Å². The summed E-state index contributed by atoms with van der Waals surface area (Å²) in [7, 11) is 0. The molecular formula is C26H25N7O2. The Morgan fingerprint density at radius 2 is 1.83 bits per heavy atom. The molecule has 1 aromatic carbocycles. The van der Waals surface area contributed by atoms with Gasteiger partial charge in [-0.25, -0.2) is 4.98 Å². The first-order chi connectivity index (χ1) is 17.1. The highest BCUT2D eigenvalue weighted by atomic mass is 16.2. The number of carbonyl (C=O) groups is 2. The second kappa shape index (κ2) is 8.83. The lowest BCUT2D eigenvalue weighted by Crippen LogP contribution is -2.37. The maximum Gasteiger partial charge on any atom is 0.274 e. The molecule has 0 spiro atoms. The van der Waals surface area contributed by atoms with E-state index >= 15 is 0 Å². The molecule has 9 heteroatoms. The lowest BCUT2D eigenvalue weighted by atomic mass is 9.98. The molecule has 0 unspecified atom stereocenters. The summed E-state index contributed by atoms with van der Waals surface area (Å²) in [5.74, 6) is 0.796. The van der Waals surface area contributed by atoms with E-state index in [1.165, 1.54) is 6.42 Å². The molecule has 0 radical (unpaired) electrons. The fraction of sp³-hybridized carbons (Fsp3) is 0.269. The summed E-state index contributed by atoms with van der Waals surface area (Å²) in [4.78, 5) is 40.7. The Bertz CT molecular complexity index is 1330. The molecular weight excluding hydrogens is 442 g/mol. The fourth-order valence-electron chi connectivity index (χ4n) is 4.20. The summed E-state index contributed by atoms with van der Waals surface area (Å²) in [5.41, 5.74) is 4.92. The van der Waals surface area contributed by atoms with E-state index in [-0.39, 0.29) is 17.7 Å². The maximum atomic E-state index is 13.1. The first-order valence-electron chi connectivity index (χ1n) is 11.9. The number of hydrogen-bond acceptors (Lipinski definition) is 7. The number of carbonyl (C=O) groups excluding carboxylic acids is 2. The number of aromatic nitrogens is 2. The van der Waals surface area contributed by atoms with E-state index in [1.54, 1.807) is 18.6 Å². The largest absolute Gasteiger partial charge is 0.366 e. The lowest BCUT2D eigenvalue weighted by molar-refractivity contribution is -0.117. The minimum absolute atomic E-state index is 0.0390. The molecule has 3 aliphatic rings. The van der Waals surface area contributed by atoms with Crippen LogP contribution >= 0.6 is 0 Å². The molecule has 176 valence electrons. The average molecular weight is 468 g/mol. The predicted molar refractivity (Wildman–Crippen MR) is 136 cm³/mol. The molecule has 2 fully saturated rings. The zero-order chi connectivity index (χ0) is 23.8. The number of hydrogen-bond donors (Lipinski definition) is 3. The van der Waals surface area contributed by atoms with Gasteiger partial charge in [-0.2, -0.15) is 0 Å². The molecule has 35 heavy (non-hydrogen) atoms. The first-order valence-corrected chi connectivity index (χ1v) is 11.9. The molecule has 3 aromatic rings. The first kappa shape index (κ1) is 21.3. The van der Waals surface area contributed by atoms with E-state index in [9.17, 15) is 9.59 Å². The van der Waals surface area contributed by atoms with Gasteiger partial charge in [0.25, 0.3) is 5.91 Å². The van der Waals surface area contributed by atoms with Gasteiger partial charge in [-0.05, 0) is 55.2 Å². The second-order valence-corrected chi connectivity index (χ2v) is 9.03. The number of nitrogens with zero attached hydrogens (tertiary/aromatic N) is 4. The monoisotopic (exact) mass is 467 g/mol. The molecule has 1 saturated carbocycles. The molecule has 1 aliphatic carbocycles. The van der Waals surface area contributed by atoms with Gasteiger partial charge < -0.3 is 20.9 Å². The molecule has 0 bridgehead atoms. The maximum absolute atomic E-state index is 13.1. The van der Waals surface area contributed by atoms with Crippen molar-refractivity contribution in [3.8, 4) is 11.1 Å². The van der Waals surface area contributed by atoms with Gasteiger partial charge in [-0.15, -0.1) is 0 Å². The number of pyridine rings is 2. The summed E-state index contributed by atoms with van der Waals surface area (Å²) in [6, 6.07) is 11.5. The van der Waals surface area contributed by atoms with E-state index in [0.717, 1.165) is 48.6 Å². The van der Waals surface area contributed by atoms with Gasteiger partial charge in [0.15, 0.2) is 0 Å². The zero-order valence-corrected chi connectivity index (χ0v) is 19.1. The van der Waals surface area contributed by atoms with Crippen LogP contribution in [-0.4, -0.2) is 47.3 Å². The van der Waals surface area contributed by atoms with Crippen LogP contribution in [0.25, 0.3) is 11.1 Å². The standard InChI is InChI=1S/C26H25N7O2/c34-25(16-2-3-16)32-20-10-18(12-27-13-20)17-4-6-22-21(11-17)24(30-15-29-22)26(35)31-19-5-7-23(28-14-19)33-8-1-9-33/h4-7,10-14,16,29H,1-3,8-9,15H2,(H,31,35)(H,32,34). The van der Waals surface area contributed by atoms with Gasteiger partial charge in [0.1, 0.15) is 18.2 Å². The zero-order valence-electron chi connectivity index (χ0n) is 19.1. The normalized spacial score (nSPS) is 16.3. The van der Waals surface area contributed by atoms with Crippen molar-refractivity contribution < 1.29 is 9.59 Å². The van der Waals surface area contributed by atoms with Crippen LogP contribution in [-0.2, 0) is 9.59 Å². The van der Waals surface area contributed by atoms with Gasteiger partial charge in [0.05, 0.1) is 23.8 Å². The summed E-state index contributed by atoms with van der Waals surface area (Å²) in [5, 5.41) is 9.08. The molecule has 4 heterocycles. The smallest absolute Gasteiger partial charge is 0.274 e. The number of benzene rings is 1. The topological polar surface area (TPSA) is 112 Å². The van der Waals surface area contributed by atoms with Gasteiger partial charge in [0, 0.05) is 42.0 Å². The van der Waals surface area contributed by atoms with Crippen LogP contribution in [0.1, 0.15) is 24.8 Å². The number of fused-ring (bicyclic) bond motifs is 1. The molecule has 0 atom stereocenters. The van der Waals surface area contributed by atoms with Crippen molar-refractivity contribution in [3.63, 3.8) is 0 Å². The number of amides is 2. The molecule has 2 aromatic heterocycles. The van der Waals surface area contributed by atoms with Gasteiger partial charge >= 0.3 is 0 Å². The molecule has 3 N–H and O–H groups in total. The van der Waals surface area contributed by atoms with Crippen molar-refractivity contribution in [2.45, 2.75) is 19.3 Å². The number of rotatable bonds is 6. The number of anilines is 4. The Morgan fingerprint density at radius 3 is 2.57 bits per heavy atom. The molecule has 2 amide bonds. The Labute approximate surface area is 202 Å². The molecule has 6 rings (SSSR count). The van der Waals surface area contributed by atoms with E-state index in [4.69, 9.17) is 0 Å². The third kappa shape index (κ3) is 4.44. The van der Waals surface area contributed by atoms with Crippen molar-refractivity contribution >= 4 is 40.4 Å². The highest BCUT2D eigenvalue weighted by molar-refractivity contribution is 6.50. The lowest BCUT2D eigenvalue weighted by Gasteiger charge is -2.31. The second-order valence-electron chi connectivity index (χ2n) is 9.03. The third-order valence-corrected chi connectivity index (χ3v) is 6.47. The Kier molecular flexibility index (Phi) is 5.36. The summed E-state index contributed by atoms with van der Waals surface area (Å²) in [6.07, 6.45) is 8.14. The van der Waals surface area contributed by atoms with Crippen molar-refractivity contribution in [2.24, 2.45) is 10.9 Å². The summed E-state index contributed by atoms with van der Waals surface area (Å²) < 4.78 is 0. The summed E-state index contributed by atoms with van der Waals surface area (Å²) >= 11 is 0. The summed E-state index contributed by atoms with van der Waals surface area (Å²) in [6.45, 7) is 2.37. The Balaban J connectivity index is 1.22. The van der Waals surface area contributed by atoms with E-state index in [1.807, 2.05) is 36.4 Å². The molecule has 1 saturated heterocycles. The van der Waals surface area contributed by atoms with Crippen LogP contribution < -0.4 is 20.9 Å². The van der Waals surface area contributed by atoms with Gasteiger partial charge in [-0.3, -0.25) is 19.6 Å². The fourth-order valence-corrected chi connectivity index (χ4v) is 4.20. The highest BCUT2D eigenvalue weighted by Gasteiger charge is 2.29. The van der Waals surface area contributed by atoms with Crippen LogP contribution in [0.4, 0.5) is 22.9 Å². The van der Waals surface area contributed by atoms with Crippen LogP contribution in [0.3, 0.4) is 0 Å².